The van der Waals surface area contributed by atoms with Crippen LogP contribution in [0.4, 0.5) is 11.4 Å². The van der Waals surface area contributed by atoms with Crippen LogP contribution in [0.3, 0.4) is 0 Å². The van der Waals surface area contributed by atoms with Crippen LogP contribution >= 0.6 is 15.9 Å². The van der Waals surface area contributed by atoms with Crippen molar-refractivity contribution >= 4 is 43.2 Å². The number of carbonyl (C=O) groups is 1. The fraction of sp³-hybridized carbons (Fsp3) is 0.458. The van der Waals surface area contributed by atoms with Crippen LogP contribution in [0.2, 0.25) is 0 Å². The van der Waals surface area contributed by atoms with E-state index in [0.717, 1.165) is 30.5 Å². The third-order valence-corrected chi connectivity index (χ3v) is 9.85. The lowest BCUT2D eigenvalue weighted by atomic mass is 10.1. The van der Waals surface area contributed by atoms with Crippen LogP contribution in [-0.4, -0.2) is 51.4 Å². The second-order valence-electron chi connectivity index (χ2n) is 9.04. The number of piperazine rings is 1. The first kappa shape index (κ1) is 21.9. The normalized spacial score (nSPS) is 19.3. The Balaban J connectivity index is 1.38. The van der Waals surface area contributed by atoms with E-state index in [-0.39, 0.29) is 16.7 Å². The van der Waals surface area contributed by atoms with Crippen LogP contribution in [0, 0.1) is 19.8 Å². The van der Waals surface area contributed by atoms with Gasteiger partial charge in [-0.25, -0.2) is 8.42 Å². The van der Waals surface area contributed by atoms with Crippen LogP contribution in [0.5, 0.6) is 0 Å². The maximum atomic E-state index is 13.6. The molecular formula is C24H28BrN3O3S. The molecule has 32 heavy (non-hydrogen) atoms. The van der Waals surface area contributed by atoms with Crippen molar-refractivity contribution in [2.75, 3.05) is 42.5 Å². The van der Waals surface area contributed by atoms with Crippen LogP contribution in [0.25, 0.3) is 0 Å². The lowest BCUT2D eigenvalue weighted by Gasteiger charge is -2.36. The number of sulfonamides is 1. The quantitative estimate of drug-likeness (QED) is 0.617. The van der Waals surface area contributed by atoms with E-state index in [1.807, 2.05) is 6.07 Å². The monoisotopic (exact) mass is 517 g/mol. The second kappa shape index (κ2) is 8.15. The zero-order valence-corrected chi connectivity index (χ0v) is 20.9. The van der Waals surface area contributed by atoms with Gasteiger partial charge in [0.15, 0.2) is 0 Å². The summed E-state index contributed by atoms with van der Waals surface area (Å²) in [7, 11) is -3.67. The molecule has 2 heterocycles. The molecule has 1 saturated heterocycles. The third kappa shape index (κ3) is 3.76. The maximum Gasteiger partial charge on any atom is 0.244 e. The molecule has 5 rings (SSSR count). The number of hydrogen-bond acceptors (Lipinski definition) is 4. The highest BCUT2D eigenvalue weighted by molar-refractivity contribution is 9.10. The van der Waals surface area contributed by atoms with Gasteiger partial charge in [0.25, 0.3) is 0 Å². The smallest absolute Gasteiger partial charge is 0.244 e. The number of amides is 1. The van der Waals surface area contributed by atoms with Gasteiger partial charge in [0.1, 0.15) is 0 Å². The molecular weight excluding hydrogens is 490 g/mol. The van der Waals surface area contributed by atoms with Crippen molar-refractivity contribution in [3.8, 4) is 0 Å². The fourth-order valence-corrected chi connectivity index (χ4v) is 7.24. The van der Waals surface area contributed by atoms with E-state index in [0.29, 0.717) is 37.2 Å². The highest BCUT2D eigenvalue weighted by Gasteiger charge is 2.38. The molecule has 1 saturated carbocycles. The minimum atomic E-state index is -3.67. The molecule has 0 N–H and O–H groups in total. The van der Waals surface area contributed by atoms with E-state index in [2.05, 4.69) is 52.9 Å². The van der Waals surface area contributed by atoms with Crippen LogP contribution in [0.1, 0.15) is 29.5 Å². The Morgan fingerprint density at radius 1 is 1.00 bits per heavy atom. The van der Waals surface area contributed by atoms with Gasteiger partial charge in [0.05, 0.1) is 4.90 Å². The molecule has 0 aromatic heterocycles. The molecule has 0 radical (unpaired) electrons. The van der Waals surface area contributed by atoms with Crippen LogP contribution < -0.4 is 9.80 Å². The van der Waals surface area contributed by atoms with Crippen molar-refractivity contribution in [1.82, 2.24) is 4.31 Å². The van der Waals surface area contributed by atoms with Gasteiger partial charge in [-0.3, -0.25) is 4.79 Å². The molecule has 0 atom stereocenters. The SMILES string of the molecule is Cc1cccc(N2CCN(S(=O)(=O)c3cc4c(cc3Br)CCN4C(=O)C3CC3)CC2)c1C. The lowest BCUT2D eigenvalue weighted by Crippen LogP contribution is -2.49. The fourth-order valence-electron chi connectivity index (χ4n) is 4.75. The van der Waals surface area contributed by atoms with Crippen molar-refractivity contribution in [2.24, 2.45) is 5.92 Å². The predicted molar refractivity (Wildman–Crippen MR) is 130 cm³/mol. The summed E-state index contributed by atoms with van der Waals surface area (Å²) < 4.78 is 29.3. The minimum absolute atomic E-state index is 0.114. The summed E-state index contributed by atoms with van der Waals surface area (Å²) in [4.78, 5) is 17.0. The number of benzene rings is 2. The Morgan fingerprint density at radius 2 is 1.72 bits per heavy atom. The topological polar surface area (TPSA) is 60.9 Å². The standard InChI is InChI=1S/C24H28BrN3O3S/c1-16-4-3-5-21(17(16)2)26-10-12-27(13-11-26)32(30,31)23-15-22-19(14-20(23)25)8-9-28(22)24(29)18-6-7-18/h3-5,14-15,18H,6-13H2,1-2H3. The summed E-state index contributed by atoms with van der Waals surface area (Å²) in [6, 6.07) is 9.85. The molecule has 6 nitrogen and oxygen atoms in total. The number of aryl methyl sites for hydroxylation is 1. The van der Waals surface area contributed by atoms with Gasteiger partial charge in [-0.05, 0) is 83.9 Å². The first-order chi connectivity index (χ1) is 15.3. The van der Waals surface area contributed by atoms with Gasteiger partial charge in [0, 0.05) is 54.5 Å². The number of carbonyl (C=O) groups excluding carboxylic acids is 1. The third-order valence-electron chi connectivity index (χ3n) is 6.99. The summed E-state index contributed by atoms with van der Waals surface area (Å²) in [5.74, 6) is 0.249. The molecule has 2 fully saturated rings. The summed E-state index contributed by atoms with van der Waals surface area (Å²) in [6.45, 7) is 7.02. The van der Waals surface area contributed by atoms with E-state index < -0.39 is 10.0 Å². The number of halogens is 1. The van der Waals surface area contributed by atoms with Crippen molar-refractivity contribution in [3.05, 3.63) is 51.5 Å². The maximum absolute atomic E-state index is 13.6. The zero-order chi connectivity index (χ0) is 22.6. The Morgan fingerprint density at radius 3 is 2.41 bits per heavy atom. The number of rotatable bonds is 4. The van der Waals surface area contributed by atoms with E-state index >= 15 is 0 Å². The van der Waals surface area contributed by atoms with Crippen molar-refractivity contribution in [3.63, 3.8) is 0 Å². The summed E-state index contributed by atoms with van der Waals surface area (Å²) in [5.41, 5.74) is 5.45. The summed E-state index contributed by atoms with van der Waals surface area (Å²) >= 11 is 3.50. The van der Waals surface area contributed by atoms with Crippen molar-refractivity contribution < 1.29 is 13.2 Å². The Bertz CT molecular complexity index is 1190. The van der Waals surface area contributed by atoms with E-state index in [1.165, 1.54) is 16.8 Å². The Labute approximate surface area is 198 Å². The van der Waals surface area contributed by atoms with Gasteiger partial charge in [-0.1, -0.05) is 12.1 Å². The second-order valence-corrected chi connectivity index (χ2v) is 11.8. The minimum Gasteiger partial charge on any atom is -0.369 e. The predicted octanol–water partition coefficient (Wildman–Crippen LogP) is 3.88. The molecule has 1 aliphatic carbocycles. The summed E-state index contributed by atoms with van der Waals surface area (Å²) in [5, 5.41) is 0. The molecule has 0 bridgehead atoms. The Hall–Kier alpha value is -1.90. The highest BCUT2D eigenvalue weighted by Crippen LogP contribution is 2.40. The van der Waals surface area contributed by atoms with Gasteiger partial charge in [0.2, 0.25) is 15.9 Å². The lowest BCUT2D eigenvalue weighted by molar-refractivity contribution is -0.119. The molecule has 3 aliphatic rings. The largest absolute Gasteiger partial charge is 0.369 e. The first-order valence-electron chi connectivity index (χ1n) is 11.2. The van der Waals surface area contributed by atoms with Gasteiger partial charge in [-0.15, -0.1) is 0 Å². The number of fused-ring (bicyclic) bond motifs is 1. The average molecular weight is 518 g/mol. The molecule has 170 valence electrons. The first-order valence-corrected chi connectivity index (χ1v) is 13.5. The highest BCUT2D eigenvalue weighted by atomic mass is 79.9. The van der Waals surface area contributed by atoms with Gasteiger partial charge < -0.3 is 9.80 Å². The molecule has 0 spiro atoms. The van der Waals surface area contributed by atoms with Crippen LogP contribution in [0.15, 0.2) is 39.7 Å². The van der Waals surface area contributed by atoms with E-state index in [1.54, 1.807) is 15.3 Å². The molecule has 2 aliphatic heterocycles. The van der Waals surface area contributed by atoms with Gasteiger partial charge >= 0.3 is 0 Å². The van der Waals surface area contributed by atoms with E-state index in [9.17, 15) is 13.2 Å². The van der Waals surface area contributed by atoms with Crippen molar-refractivity contribution in [2.45, 2.75) is 38.0 Å². The van der Waals surface area contributed by atoms with Gasteiger partial charge in [-0.2, -0.15) is 4.31 Å². The number of anilines is 2. The molecule has 2 aromatic carbocycles. The Kier molecular flexibility index (Phi) is 5.58. The van der Waals surface area contributed by atoms with E-state index in [4.69, 9.17) is 0 Å². The number of nitrogens with zero attached hydrogens (tertiary/aromatic N) is 3. The molecule has 0 unspecified atom stereocenters. The number of hydrogen-bond donors (Lipinski definition) is 0. The zero-order valence-electron chi connectivity index (χ0n) is 18.5. The molecule has 1 amide bonds. The molecule has 8 heteroatoms. The average Bonchev–Trinajstić information content (AvgIpc) is 3.55. The molecule has 2 aromatic rings. The van der Waals surface area contributed by atoms with Crippen molar-refractivity contribution in [1.29, 1.82) is 0 Å². The van der Waals surface area contributed by atoms with Crippen LogP contribution in [-0.2, 0) is 21.2 Å². The summed E-state index contributed by atoms with van der Waals surface area (Å²) in [6.07, 6.45) is 2.65.